The van der Waals surface area contributed by atoms with E-state index < -0.39 is 0 Å². The van der Waals surface area contributed by atoms with Crippen molar-refractivity contribution in [2.75, 3.05) is 7.05 Å². The van der Waals surface area contributed by atoms with Crippen LogP contribution in [-0.2, 0) is 16.0 Å². The number of hydrogen-bond donors (Lipinski definition) is 0. The van der Waals surface area contributed by atoms with E-state index in [1.165, 1.54) is 4.90 Å². The first-order chi connectivity index (χ1) is 7.18. The first-order valence-corrected chi connectivity index (χ1v) is 5.03. The van der Waals surface area contributed by atoms with Crippen molar-refractivity contribution in [3.8, 4) is 0 Å². The highest BCUT2D eigenvalue weighted by molar-refractivity contribution is 6.03. The fourth-order valence-electron chi connectivity index (χ4n) is 1.89. The molecular formula is C12H13NO2. The largest absolute Gasteiger partial charge is 0.285 e. The normalized spacial score (nSPS) is 21.1. The molecular weight excluding hydrogens is 190 g/mol. The van der Waals surface area contributed by atoms with E-state index in [9.17, 15) is 9.59 Å². The van der Waals surface area contributed by atoms with Crippen molar-refractivity contribution in [1.82, 2.24) is 4.90 Å². The Bertz CT molecular complexity index is 386. The number of rotatable bonds is 2. The van der Waals surface area contributed by atoms with E-state index >= 15 is 0 Å². The molecule has 3 heteroatoms. The lowest BCUT2D eigenvalue weighted by molar-refractivity contribution is -0.137. The van der Waals surface area contributed by atoms with E-state index in [1.807, 2.05) is 30.3 Å². The van der Waals surface area contributed by atoms with Crippen LogP contribution >= 0.6 is 0 Å². The zero-order chi connectivity index (χ0) is 10.8. The standard InChI is InChI=1S/C12H13NO2/c1-13-11(14)8-10(12(13)15)7-9-5-3-2-4-6-9/h2-6,10H,7-8H2,1H3. The van der Waals surface area contributed by atoms with Crippen LogP contribution < -0.4 is 0 Å². The average Bonchev–Trinajstić information content (AvgIpc) is 2.48. The monoisotopic (exact) mass is 203 g/mol. The summed E-state index contributed by atoms with van der Waals surface area (Å²) in [5, 5.41) is 0. The van der Waals surface area contributed by atoms with Crippen LogP contribution in [0.5, 0.6) is 0 Å². The Kier molecular flexibility index (Phi) is 2.54. The van der Waals surface area contributed by atoms with Crippen molar-refractivity contribution in [3.05, 3.63) is 35.9 Å². The minimum Gasteiger partial charge on any atom is -0.285 e. The van der Waals surface area contributed by atoms with Gasteiger partial charge in [0.1, 0.15) is 0 Å². The van der Waals surface area contributed by atoms with Crippen LogP contribution in [0.1, 0.15) is 12.0 Å². The highest BCUT2D eigenvalue weighted by Crippen LogP contribution is 2.21. The highest BCUT2D eigenvalue weighted by Gasteiger charge is 2.35. The van der Waals surface area contributed by atoms with Crippen molar-refractivity contribution in [3.63, 3.8) is 0 Å². The van der Waals surface area contributed by atoms with Crippen LogP contribution in [0, 0.1) is 5.92 Å². The van der Waals surface area contributed by atoms with E-state index in [2.05, 4.69) is 0 Å². The number of likely N-dealkylation sites (tertiary alicyclic amines) is 1. The molecule has 78 valence electrons. The molecule has 0 aromatic heterocycles. The molecule has 3 nitrogen and oxygen atoms in total. The number of hydrogen-bond acceptors (Lipinski definition) is 2. The van der Waals surface area contributed by atoms with Crippen LogP contribution in [-0.4, -0.2) is 23.8 Å². The van der Waals surface area contributed by atoms with Crippen molar-refractivity contribution >= 4 is 11.8 Å². The number of amides is 2. The second-order valence-corrected chi connectivity index (χ2v) is 3.88. The van der Waals surface area contributed by atoms with Crippen molar-refractivity contribution in [2.24, 2.45) is 5.92 Å². The molecule has 1 aliphatic heterocycles. The molecule has 1 atom stereocenters. The summed E-state index contributed by atoms with van der Waals surface area (Å²) in [6.45, 7) is 0. The Morgan fingerprint density at radius 1 is 1.27 bits per heavy atom. The van der Waals surface area contributed by atoms with Gasteiger partial charge >= 0.3 is 0 Å². The van der Waals surface area contributed by atoms with Gasteiger partial charge in [0.05, 0.1) is 5.92 Å². The van der Waals surface area contributed by atoms with Gasteiger partial charge in [0.2, 0.25) is 11.8 Å². The quantitative estimate of drug-likeness (QED) is 0.678. The number of carbonyl (C=O) groups excluding carboxylic acids is 2. The van der Waals surface area contributed by atoms with Gasteiger partial charge in [-0.15, -0.1) is 0 Å². The third-order valence-electron chi connectivity index (χ3n) is 2.80. The van der Waals surface area contributed by atoms with Crippen molar-refractivity contribution in [2.45, 2.75) is 12.8 Å². The van der Waals surface area contributed by atoms with Crippen molar-refractivity contribution < 1.29 is 9.59 Å². The zero-order valence-electron chi connectivity index (χ0n) is 8.64. The molecule has 15 heavy (non-hydrogen) atoms. The molecule has 1 fully saturated rings. The molecule has 1 saturated heterocycles. The second-order valence-electron chi connectivity index (χ2n) is 3.88. The summed E-state index contributed by atoms with van der Waals surface area (Å²) in [6, 6.07) is 9.80. The van der Waals surface area contributed by atoms with Crippen LogP contribution in [0.25, 0.3) is 0 Å². The maximum Gasteiger partial charge on any atom is 0.232 e. The van der Waals surface area contributed by atoms with Crippen LogP contribution in [0.4, 0.5) is 0 Å². The minimum absolute atomic E-state index is 0.0520. The van der Waals surface area contributed by atoms with Crippen LogP contribution in [0.2, 0.25) is 0 Å². The molecule has 1 unspecified atom stereocenters. The molecule has 1 aromatic rings. The summed E-state index contributed by atoms with van der Waals surface area (Å²) in [4.78, 5) is 24.1. The molecule has 1 aliphatic rings. The highest BCUT2D eigenvalue weighted by atomic mass is 16.2. The third kappa shape index (κ3) is 1.91. The molecule has 0 aliphatic carbocycles. The van der Waals surface area contributed by atoms with E-state index in [0.29, 0.717) is 12.8 Å². The van der Waals surface area contributed by atoms with E-state index in [0.717, 1.165) is 5.56 Å². The van der Waals surface area contributed by atoms with Gasteiger partial charge in [-0.2, -0.15) is 0 Å². The SMILES string of the molecule is CN1C(=O)CC(Cc2ccccc2)C1=O. The Hall–Kier alpha value is -1.64. The van der Waals surface area contributed by atoms with Gasteiger partial charge < -0.3 is 0 Å². The number of carbonyl (C=O) groups is 2. The number of nitrogens with zero attached hydrogens (tertiary/aromatic N) is 1. The van der Waals surface area contributed by atoms with Gasteiger partial charge in [0, 0.05) is 13.5 Å². The second kappa shape index (κ2) is 3.85. The Balaban J connectivity index is 2.09. The average molecular weight is 203 g/mol. The first-order valence-electron chi connectivity index (χ1n) is 5.03. The summed E-state index contributed by atoms with van der Waals surface area (Å²) >= 11 is 0. The maximum atomic E-state index is 11.6. The fraction of sp³-hybridized carbons (Fsp3) is 0.333. The lowest BCUT2D eigenvalue weighted by Crippen LogP contribution is -2.26. The van der Waals surface area contributed by atoms with Gasteiger partial charge in [-0.25, -0.2) is 0 Å². The van der Waals surface area contributed by atoms with Crippen LogP contribution in [0.3, 0.4) is 0 Å². The molecule has 2 amide bonds. The predicted octanol–water partition coefficient (Wildman–Crippen LogP) is 1.23. The van der Waals surface area contributed by atoms with Crippen molar-refractivity contribution in [1.29, 1.82) is 0 Å². The molecule has 1 aromatic carbocycles. The molecule has 0 saturated carbocycles. The lowest BCUT2D eigenvalue weighted by atomic mass is 9.98. The third-order valence-corrected chi connectivity index (χ3v) is 2.80. The summed E-state index contributed by atoms with van der Waals surface area (Å²) in [6.07, 6.45) is 1.01. The topological polar surface area (TPSA) is 37.4 Å². The Morgan fingerprint density at radius 3 is 2.47 bits per heavy atom. The minimum atomic E-state index is -0.162. The smallest absolute Gasteiger partial charge is 0.232 e. The molecule has 0 radical (unpaired) electrons. The first kappa shape index (κ1) is 9.90. The molecule has 0 bridgehead atoms. The van der Waals surface area contributed by atoms with Gasteiger partial charge in [-0.3, -0.25) is 14.5 Å². The van der Waals surface area contributed by atoms with E-state index in [1.54, 1.807) is 7.05 Å². The maximum absolute atomic E-state index is 11.6. The lowest BCUT2D eigenvalue weighted by Gasteiger charge is -2.08. The fourth-order valence-corrected chi connectivity index (χ4v) is 1.89. The van der Waals surface area contributed by atoms with Gasteiger partial charge in [0.15, 0.2) is 0 Å². The van der Waals surface area contributed by atoms with Gasteiger partial charge in [0.25, 0.3) is 0 Å². The Labute approximate surface area is 88.7 Å². The summed E-state index contributed by atoms with van der Waals surface area (Å²) in [5.74, 6) is -0.283. The number of benzene rings is 1. The summed E-state index contributed by atoms with van der Waals surface area (Å²) < 4.78 is 0. The van der Waals surface area contributed by atoms with Crippen LogP contribution in [0.15, 0.2) is 30.3 Å². The zero-order valence-corrected chi connectivity index (χ0v) is 8.64. The molecule has 2 rings (SSSR count). The summed E-state index contributed by atoms with van der Waals surface area (Å²) in [5.41, 5.74) is 1.11. The molecule has 0 spiro atoms. The molecule has 0 N–H and O–H groups in total. The number of imide groups is 1. The van der Waals surface area contributed by atoms with E-state index in [4.69, 9.17) is 0 Å². The predicted molar refractivity (Wildman–Crippen MR) is 56.0 cm³/mol. The van der Waals surface area contributed by atoms with E-state index in [-0.39, 0.29) is 17.7 Å². The summed E-state index contributed by atoms with van der Waals surface area (Å²) in [7, 11) is 1.55. The Morgan fingerprint density at radius 2 is 1.93 bits per heavy atom. The van der Waals surface area contributed by atoms with Gasteiger partial charge in [-0.1, -0.05) is 30.3 Å². The van der Waals surface area contributed by atoms with Gasteiger partial charge in [-0.05, 0) is 12.0 Å². The molecule has 1 heterocycles.